The average molecular weight is 327 g/mol. The number of pyridine rings is 1. The van der Waals surface area contributed by atoms with E-state index in [1.54, 1.807) is 0 Å². The van der Waals surface area contributed by atoms with Gasteiger partial charge in [0.05, 0.1) is 11.7 Å². The lowest BCUT2D eigenvalue weighted by Gasteiger charge is -2.14. The largest absolute Gasteiger partial charge is 0.322 e. The third kappa shape index (κ3) is 2.60. The van der Waals surface area contributed by atoms with Crippen LogP contribution in [0.4, 0.5) is 0 Å². The van der Waals surface area contributed by atoms with E-state index >= 15 is 0 Å². The van der Waals surface area contributed by atoms with E-state index in [4.69, 9.17) is 5.73 Å². The molecule has 3 aromatic rings. The first-order chi connectivity index (χ1) is 9.75. The van der Waals surface area contributed by atoms with Crippen molar-refractivity contribution in [2.45, 2.75) is 12.5 Å². The Hall–Kier alpha value is -1.71. The summed E-state index contributed by atoms with van der Waals surface area (Å²) in [7, 11) is 0. The number of fused-ring (bicyclic) bond motifs is 1. The lowest BCUT2D eigenvalue weighted by atomic mass is 9.99. The van der Waals surface area contributed by atoms with Gasteiger partial charge in [-0.25, -0.2) is 0 Å². The molecule has 1 atom stereocenters. The molecule has 3 rings (SSSR count). The van der Waals surface area contributed by atoms with Crippen LogP contribution >= 0.6 is 15.9 Å². The third-order valence-corrected chi connectivity index (χ3v) is 4.23. The van der Waals surface area contributed by atoms with Gasteiger partial charge in [0.1, 0.15) is 0 Å². The van der Waals surface area contributed by atoms with Gasteiger partial charge in [-0.2, -0.15) is 0 Å². The van der Waals surface area contributed by atoms with Crippen LogP contribution in [-0.4, -0.2) is 4.98 Å². The first kappa shape index (κ1) is 13.3. The van der Waals surface area contributed by atoms with Crippen molar-refractivity contribution in [1.29, 1.82) is 0 Å². The second-order valence-electron chi connectivity index (χ2n) is 4.82. The summed E-state index contributed by atoms with van der Waals surface area (Å²) in [5.41, 5.74) is 8.54. The molecule has 0 spiro atoms. The quantitative estimate of drug-likeness (QED) is 0.781. The molecule has 0 saturated carbocycles. The maximum atomic E-state index is 6.38. The molecule has 2 nitrogen and oxygen atoms in total. The summed E-state index contributed by atoms with van der Waals surface area (Å²) in [5.74, 6) is 0. The van der Waals surface area contributed by atoms with Gasteiger partial charge >= 0.3 is 0 Å². The van der Waals surface area contributed by atoms with E-state index < -0.39 is 0 Å². The molecule has 0 bridgehead atoms. The molecule has 2 aromatic carbocycles. The molecule has 1 heterocycles. The minimum atomic E-state index is -0.111. The highest BCUT2D eigenvalue weighted by molar-refractivity contribution is 9.10. The Bertz CT molecular complexity index is 734. The fraction of sp³-hybridized carbons (Fsp3) is 0.118. The van der Waals surface area contributed by atoms with Crippen LogP contribution in [0.1, 0.15) is 17.3 Å². The van der Waals surface area contributed by atoms with Crippen molar-refractivity contribution < 1.29 is 0 Å². The number of rotatable bonds is 3. The molecule has 20 heavy (non-hydrogen) atoms. The average Bonchev–Trinajstić information content (AvgIpc) is 2.49. The number of halogens is 1. The molecule has 0 aliphatic rings. The van der Waals surface area contributed by atoms with Gasteiger partial charge in [-0.1, -0.05) is 58.4 Å². The number of hydrogen-bond donors (Lipinski definition) is 1. The molecule has 0 fully saturated rings. The number of nitrogens with two attached hydrogens (primary N) is 1. The molecule has 3 heteroatoms. The van der Waals surface area contributed by atoms with Crippen LogP contribution in [0.3, 0.4) is 0 Å². The van der Waals surface area contributed by atoms with Crippen LogP contribution in [0.2, 0.25) is 0 Å². The zero-order valence-electron chi connectivity index (χ0n) is 11.0. The molecule has 2 N–H and O–H groups in total. The van der Waals surface area contributed by atoms with E-state index in [2.05, 4.69) is 39.1 Å². The number of hydrogen-bond acceptors (Lipinski definition) is 2. The van der Waals surface area contributed by atoms with Gasteiger partial charge in [0, 0.05) is 16.1 Å². The number of aromatic nitrogens is 1. The lowest BCUT2D eigenvalue weighted by Crippen LogP contribution is -2.15. The van der Waals surface area contributed by atoms with Crippen molar-refractivity contribution in [2.24, 2.45) is 5.73 Å². The molecule has 0 aliphatic carbocycles. The van der Waals surface area contributed by atoms with E-state index in [1.165, 1.54) is 10.9 Å². The van der Waals surface area contributed by atoms with Crippen molar-refractivity contribution in [3.05, 3.63) is 76.5 Å². The van der Waals surface area contributed by atoms with Gasteiger partial charge in [-0.05, 0) is 29.5 Å². The lowest BCUT2D eigenvalue weighted by molar-refractivity contribution is 0.702. The van der Waals surface area contributed by atoms with Gasteiger partial charge in [0.25, 0.3) is 0 Å². The number of nitrogens with zero attached hydrogens (tertiary/aromatic N) is 1. The fourth-order valence-corrected chi connectivity index (χ4v) is 2.88. The Morgan fingerprint density at radius 1 is 1.00 bits per heavy atom. The Morgan fingerprint density at radius 2 is 1.75 bits per heavy atom. The summed E-state index contributed by atoms with van der Waals surface area (Å²) < 4.78 is 1.09. The van der Waals surface area contributed by atoms with Crippen molar-refractivity contribution in [1.82, 2.24) is 4.98 Å². The van der Waals surface area contributed by atoms with E-state index in [0.29, 0.717) is 0 Å². The van der Waals surface area contributed by atoms with Crippen LogP contribution in [0.25, 0.3) is 10.8 Å². The van der Waals surface area contributed by atoms with Gasteiger partial charge in [0.15, 0.2) is 0 Å². The minimum absolute atomic E-state index is 0.111. The number of benzene rings is 2. The summed E-state index contributed by atoms with van der Waals surface area (Å²) in [5, 5.41) is 2.31. The zero-order chi connectivity index (χ0) is 13.9. The fourth-order valence-electron chi connectivity index (χ4n) is 2.44. The van der Waals surface area contributed by atoms with E-state index in [9.17, 15) is 0 Å². The van der Waals surface area contributed by atoms with E-state index in [0.717, 1.165) is 22.0 Å². The summed E-state index contributed by atoms with van der Waals surface area (Å²) in [6.45, 7) is 0. The predicted molar refractivity (Wildman–Crippen MR) is 86.5 cm³/mol. The topological polar surface area (TPSA) is 38.9 Å². The molecule has 1 aromatic heterocycles. The zero-order valence-corrected chi connectivity index (χ0v) is 12.5. The first-order valence-corrected chi connectivity index (χ1v) is 7.37. The summed E-state index contributed by atoms with van der Waals surface area (Å²) in [4.78, 5) is 4.49. The molecular weight excluding hydrogens is 312 g/mol. The monoisotopic (exact) mass is 326 g/mol. The van der Waals surface area contributed by atoms with Crippen molar-refractivity contribution >= 4 is 26.7 Å². The summed E-state index contributed by atoms with van der Waals surface area (Å²) in [6.07, 6.45) is 2.60. The van der Waals surface area contributed by atoms with Crippen molar-refractivity contribution in [2.75, 3.05) is 0 Å². The van der Waals surface area contributed by atoms with Crippen molar-refractivity contribution in [3.63, 3.8) is 0 Å². The van der Waals surface area contributed by atoms with Gasteiger partial charge in [0.2, 0.25) is 0 Å². The van der Waals surface area contributed by atoms with Crippen LogP contribution < -0.4 is 5.73 Å². The smallest absolute Gasteiger partial charge is 0.0652 e. The van der Waals surface area contributed by atoms with Gasteiger partial charge < -0.3 is 5.73 Å². The molecule has 0 radical (unpaired) electrons. The maximum absolute atomic E-state index is 6.38. The van der Waals surface area contributed by atoms with E-state index in [1.807, 2.05) is 42.6 Å². The van der Waals surface area contributed by atoms with Gasteiger partial charge in [-0.3, -0.25) is 4.98 Å². The third-order valence-electron chi connectivity index (χ3n) is 3.45. The second kappa shape index (κ2) is 5.73. The second-order valence-corrected chi connectivity index (χ2v) is 5.67. The normalized spacial score (nSPS) is 12.5. The summed E-state index contributed by atoms with van der Waals surface area (Å²) in [6, 6.07) is 18.3. The highest BCUT2D eigenvalue weighted by atomic mass is 79.9. The Kier molecular flexibility index (Phi) is 3.81. The van der Waals surface area contributed by atoms with Crippen LogP contribution in [0.5, 0.6) is 0 Å². The molecule has 0 aliphatic heterocycles. The summed E-state index contributed by atoms with van der Waals surface area (Å²) >= 11 is 3.57. The molecule has 0 saturated heterocycles. The first-order valence-electron chi connectivity index (χ1n) is 6.58. The maximum Gasteiger partial charge on any atom is 0.0652 e. The predicted octanol–water partition coefficient (Wildman–Crippen LogP) is 4.24. The van der Waals surface area contributed by atoms with Crippen LogP contribution in [-0.2, 0) is 6.42 Å². The molecule has 1 unspecified atom stereocenters. The van der Waals surface area contributed by atoms with Gasteiger partial charge in [-0.15, -0.1) is 0 Å². The standard InChI is InChI=1S/C17H15BrN2/c18-15-8-4-2-6-13(15)11-16(19)17-14-7-3-1-5-12(14)9-10-20-17/h1-10,16H,11,19H2. The Morgan fingerprint density at radius 3 is 2.60 bits per heavy atom. The minimum Gasteiger partial charge on any atom is -0.322 e. The van der Waals surface area contributed by atoms with Crippen molar-refractivity contribution in [3.8, 4) is 0 Å². The molecular formula is C17H15BrN2. The van der Waals surface area contributed by atoms with Crippen LogP contribution in [0.15, 0.2) is 65.3 Å². The highest BCUT2D eigenvalue weighted by Gasteiger charge is 2.13. The Balaban J connectivity index is 1.97. The van der Waals surface area contributed by atoms with Crippen LogP contribution in [0, 0.1) is 0 Å². The van der Waals surface area contributed by atoms with E-state index in [-0.39, 0.29) is 6.04 Å². The molecule has 100 valence electrons. The molecule has 0 amide bonds. The SMILES string of the molecule is NC(Cc1ccccc1Br)c1nccc2ccccc12. The Labute approximate surface area is 126 Å². The highest BCUT2D eigenvalue weighted by Crippen LogP contribution is 2.25.